The van der Waals surface area contributed by atoms with Gasteiger partial charge in [-0.25, -0.2) is 0 Å². The molecule has 0 fully saturated rings. The fourth-order valence-corrected chi connectivity index (χ4v) is 1.33. The Morgan fingerprint density at radius 1 is 1.20 bits per heavy atom. The Bertz CT molecular complexity index is 256. The van der Waals surface area contributed by atoms with Crippen molar-refractivity contribution in [3.63, 3.8) is 0 Å². The minimum Gasteiger partial charge on any atom is -0.391 e. The van der Waals surface area contributed by atoms with Crippen LogP contribution in [0.4, 0.5) is 0 Å². The van der Waals surface area contributed by atoms with Crippen LogP contribution >= 0.6 is 0 Å². The molecule has 2 heteroatoms. The highest BCUT2D eigenvalue weighted by Crippen LogP contribution is 2.04. The van der Waals surface area contributed by atoms with Crippen LogP contribution in [0.1, 0.15) is 25.8 Å². The highest BCUT2D eigenvalue weighted by molar-refractivity contribution is 5.14. The van der Waals surface area contributed by atoms with Gasteiger partial charge < -0.3 is 9.84 Å². The average molecular weight is 208 g/mol. The fourth-order valence-electron chi connectivity index (χ4n) is 1.33. The van der Waals surface area contributed by atoms with Gasteiger partial charge in [0.25, 0.3) is 0 Å². The minimum absolute atomic E-state index is 0.0687. The van der Waals surface area contributed by atoms with Gasteiger partial charge in [-0.3, -0.25) is 0 Å². The van der Waals surface area contributed by atoms with Crippen molar-refractivity contribution in [2.24, 2.45) is 0 Å². The molecule has 0 aromatic heterocycles. The third-order valence-electron chi connectivity index (χ3n) is 2.51. The Hall–Kier alpha value is -0.860. The molecular formula is C13H20O2. The third kappa shape index (κ3) is 4.96. The van der Waals surface area contributed by atoms with Crippen LogP contribution in [-0.4, -0.2) is 23.9 Å². The lowest BCUT2D eigenvalue weighted by Crippen LogP contribution is -2.23. The van der Waals surface area contributed by atoms with Crippen LogP contribution in [0, 0.1) is 0 Å². The first kappa shape index (κ1) is 12.2. The second-order valence-electron chi connectivity index (χ2n) is 3.91. The predicted octanol–water partition coefficient (Wildman–Crippen LogP) is 2.41. The number of aliphatic hydroxyl groups excluding tert-OH is 1. The maximum atomic E-state index is 9.21. The Balaban J connectivity index is 2.12. The summed E-state index contributed by atoms with van der Waals surface area (Å²) in [6.07, 6.45) is 1.58. The molecule has 0 bridgehead atoms. The number of ether oxygens (including phenoxy) is 1. The molecule has 1 N–H and O–H groups in total. The molecule has 0 amide bonds. The highest BCUT2D eigenvalue weighted by Gasteiger charge is 2.07. The molecule has 2 atom stereocenters. The van der Waals surface area contributed by atoms with Gasteiger partial charge in [0.05, 0.1) is 12.2 Å². The Morgan fingerprint density at radius 2 is 1.87 bits per heavy atom. The van der Waals surface area contributed by atoms with Gasteiger partial charge in [0.2, 0.25) is 0 Å². The molecule has 0 saturated carbocycles. The van der Waals surface area contributed by atoms with Gasteiger partial charge in [-0.15, -0.1) is 0 Å². The summed E-state index contributed by atoms with van der Waals surface area (Å²) in [4.78, 5) is 0. The van der Waals surface area contributed by atoms with Crippen LogP contribution in [0.3, 0.4) is 0 Å². The zero-order valence-corrected chi connectivity index (χ0v) is 9.52. The second kappa shape index (κ2) is 6.59. The molecule has 0 heterocycles. The molecule has 0 aliphatic rings. The molecule has 0 aliphatic carbocycles. The molecule has 2 nitrogen and oxygen atoms in total. The summed E-state index contributed by atoms with van der Waals surface area (Å²) in [6.45, 7) is 4.36. The topological polar surface area (TPSA) is 29.5 Å². The van der Waals surface area contributed by atoms with Gasteiger partial charge >= 0.3 is 0 Å². The van der Waals surface area contributed by atoms with Crippen molar-refractivity contribution < 1.29 is 9.84 Å². The van der Waals surface area contributed by atoms with E-state index in [0.29, 0.717) is 6.61 Å². The summed E-state index contributed by atoms with van der Waals surface area (Å²) in [7, 11) is 0. The molecule has 0 saturated heterocycles. The van der Waals surface area contributed by atoms with E-state index in [1.54, 1.807) is 6.92 Å². The van der Waals surface area contributed by atoms with Gasteiger partial charge in [0, 0.05) is 6.61 Å². The van der Waals surface area contributed by atoms with Gasteiger partial charge in [-0.2, -0.15) is 0 Å². The fraction of sp³-hybridized carbons (Fsp3) is 0.538. The van der Waals surface area contributed by atoms with Crippen molar-refractivity contribution in [1.29, 1.82) is 0 Å². The molecule has 0 aliphatic heterocycles. The van der Waals surface area contributed by atoms with E-state index >= 15 is 0 Å². The van der Waals surface area contributed by atoms with E-state index in [9.17, 15) is 5.11 Å². The van der Waals surface area contributed by atoms with Crippen molar-refractivity contribution in [2.45, 2.75) is 38.9 Å². The van der Waals surface area contributed by atoms with E-state index in [1.807, 2.05) is 13.0 Å². The standard InChI is InChI=1S/C13H20O2/c1-11(14)12(2)15-10-6-9-13-7-4-3-5-8-13/h3-5,7-8,11-12,14H,6,9-10H2,1-2H3. The van der Waals surface area contributed by atoms with Gasteiger partial charge in [-0.05, 0) is 32.3 Å². The van der Waals surface area contributed by atoms with Crippen LogP contribution in [-0.2, 0) is 11.2 Å². The summed E-state index contributed by atoms with van der Waals surface area (Å²) >= 11 is 0. The van der Waals surface area contributed by atoms with E-state index in [2.05, 4.69) is 24.3 Å². The number of hydrogen-bond acceptors (Lipinski definition) is 2. The van der Waals surface area contributed by atoms with Crippen molar-refractivity contribution in [3.05, 3.63) is 35.9 Å². The van der Waals surface area contributed by atoms with Crippen molar-refractivity contribution in [1.82, 2.24) is 0 Å². The Kier molecular flexibility index (Phi) is 5.37. The molecule has 1 rings (SSSR count). The molecular weight excluding hydrogens is 188 g/mol. The van der Waals surface area contributed by atoms with E-state index in [4.69, 9.17) is 4.74 Å². The number of benzene rings is 1. The summed E-state index contributed by atoms with van der Waals surface area (Å²) < 4.78 is 5.48. The Morgan fingerprint density at radius 3 is 2.47 bits per heavy atom. The first-order chi connectivity index (χ1) is 7.20. The average Bonchev–Trinajstić information content (AvgIpc) is 2.25. The van der Waals surface area contributed by atoms with Gasteiger partial charge in [0.1, 0.15) is 0 Å². The summed E-state index contributed by atoms with van der Waals surface area (Å²) in [5.41, 5.74) is 1.34. The Labute approximate surface area is 91.9 Å². The quantitative estimate of drug-likeness (QED) is 0.727. The number of aliphatic hydroxyl groups is 1. The number of hydrogen-bond donors (Lipinski definition) is 1. The molecule has 0 radical (unpaired) electrons. The largest absolute Gasteiger partial charge is 0.391 e. The molecule has 2 unspecified atom stereocenters. The maximum Gasteiger partial charge on any atom is 0.0803 e. The highest BCUT2D eigenvalue weighted by atomic mass is 16.5. The van der Waals surface area contributed by atoms with E-state index in [-0.39, 0.29) is 12.2 Å². The summed E-state index contributed by atoms with van der Waals surface area (Å²) in [5.74, 6) is 0. The van der Waals surface area contributed by atoms with Crippen molar-refractivity contribution >= 4 is 0 Å². The molecule has 1 aromatic carbocycles. The predicted molar refractivity (Wildman–Crippen MR) is 61.9 cm³/mol. The molecule has 84 valence electrons. The SMILES string of the molecule is CC(O)C(C)OCCCc1ccccc1. The van der Waals surface area contributed by atoms with E-state index in [0.717, 1.165) is 12.8 Å². The molecule has 1 aromatic rings. The zero-order chi connectivity index (χ0) is 11.1. The lowest BCUT2D eigenvalue weighted by Gasteiger charge is -2.15. The second-order valence-corrected chi connectivity index (χ2v) is 3.91. The van der Waals surface area contributed by atoms with E-state index in [1.165, 1.54) is 5.56 Å². The van der Waals surface area contributed by atoms with Crippen molar-refractivity contribution in [3.8, 4) is 0 Å². The van der Waals surface area contributed by atoms with Gasteiger partial charge in [0.15, 0.2) is 0 Å². The number of rotatable bonds is 6. The summed E-state index contributed by atoms with van der Waals surface area (Å²) in [5, 5.41) is 9.21. The lowest BCUT2D eigenvalue weighted by molar-refractivity contribution is -0.0187. The van der Waals surface area contributed by atoms with Crippen LogP contribution in [0.25, 0.3) is 0 Å². The smallest absolute Gasteiger partial charge is 0.0803 e. The minimum atomic E-state index is -0.387. The normalized spacial score (nSPS) is 14.9. The van der Waals surface area contributed by atoms with Crippen LogP contribution in [0.5, 0.6) is 0 Å². The zero-order valence-electron chi connectivity index (χ0n) is 9.52. The van der Waals surface area contributed by atoms with Crippen LogP contribution in [0.2, 0.25) is 0 Å². The molecule has 15 heavy (non-hydrogen) atoms. The van der Waals surface area contributed by atoms with E-state index < -0.39 is 0 Å². The summed E-state index contributed by atoms with van der Waals surface area (Å²) in [6, 6.07) is 10.4. The van der Waals surface area contributed by atoms with Crippen LogP contribution in [0.15, 0.2) is 30.3 Å². The monoisotopic (exact) mass is 208 g/mol. The lowest BCUT2D eigenvalue weighted by atomic mass is 10.1. The third-order valence-corrected chi connectivity index (χ3v) is 2.51. The number of aryl methyl sites for hydroxylation is 1. The molecule has 0 spiro atoms. The van der Waals surface area contributed by atoms with Crippen molar-refractivity contribution in [2.75, 3.05) is 6.61 Å². The van der Waals surface area contributed by atoms with Crippen LogP contribution < -0.4 is 0 Å². The first-order valence-corrected chi connectivity index (χ1v) is 5.53. The van der Waals surface area contributed by atoms with Gasteiger partial charge in [-0.1, -0.05) is 30.3 Å². The first-order valence-electron chi connectivity index (χ1n) is 5.53. The maximum absolute atomic E-state index is 9.21.